The molecule has 2 unspecified atom stereocenters. The molecule has 0 radical (unpaired) electrons. The number of carbonyl (C=O) groups excluding carboxylic acids is 1. The zero-order valence-electron chi connectivity index (χ0n) is 11.0. The second-order valence-corrected chi connectivity index (χ2v) is 5.42. The van der Waals surface area contributed by atoms with Crippen LogP contribution in [-0.2, 0) is 17.8 Å². The Bertz CT molecular complexity index is 446. The summed E-state index contributed by atoms with van der Waals surface area (Å²) in [6, 6.07) is 0.500. The van der Waals surface area contributed by atoms with Crippen LogP contribution in [0.3, 0.4) is 0 Å². The van der Waals surface area contributed by atoms with Crippen molar-refractivity contribution >= 4 is 5.91 Å². The van der Waals surface area contributed by atoms with E-state index in [1.165, 1.54) is 12.2 Å². The molecule has 5 nitrogen and oxygen atoms in total. The SMILES string of the molecule is CC(=O)N1CC(C)NC(c2cn3c(n2)CCC3)C1. The highest BCUT2D eigenvalue weighted by molar-refractivity contribution is 5.73. The summed E-state index contributed by atoms with van der Waals surface area (Å²) < 4.78 is 2.24. The molecule has 5 heteroatoms. The van der Waals surface area contributed by atoms with Gasteiger partial charge in [-0.2, -0.15) is 0 Å². The van der Waals surface area contributed by atoms with Crippen molar-refractivity contribution in [1.82, 2.24) is 19.8 Å². The number of nitrogens with zero attached hydrogens (tertiary/aromatic N) is 3. The number of hydrogen-bond acceptors (Lipinski definition) is 3. The predicted molar refractivity (Wildman–Crippen MR) is 68.1 cm³/mol. The lowest BCUT2D eigenvalue weighted by molar-refractivity contribution is -0.130. The fraction of sp³-hybridized carbons (Fsp3) is 0.692. The summed E-state index contributed by atoms with van der Waals surface area (Å²) in [6.07, 6.45) is 4.44. The van der Waals surface area contributed by atoms with Gasteiger partial charge in [-0.1, -0.05) is 0 Å². The van der Waals surface area contributed by atoms with Crippen LogP contribution in [0.4, 0.5) is 0 Å². The van der Waals surface area contributed by atoms with E-state index in [-0.39, 0.29) is 11.9 Å². The van der Waals surface area contributed by atoms with E-state index in [9.17, 15) is 4.79 Å². The van der Waals surface area contributed by atoms with Crippen molar-refractivity contribution in [2.75, 3.05) is 13.1 Å². The molecule has 3 rings (SSSR count). The Kier molecular flexibility index (Phi) is 2.86. The van der Waals surface area contributed by atoms with Gasteiger partial charge in [0, 0.05) is 45.2 Å². The van der Waals surface area contributed by atoms with Crippen LogP contribution in [0.15, 0.2) is 6.20 Å². The van der Waals surface area contributed by atoms with Gasteiger partial charge in [0.15, 0.2) is 0 Å². The normalized spacial score (nSPS) is 27.3. The molecule has 0 aromatic carbocycles. The fourth-order valence-corrected chi connectivity index (χ4v) is 2.96. The van der Waals surface area contributed by atoms with Gasteiger partial charge in [0.25, 0.3) is 0 Å². The second kappa shape index (κ2) is 4.39. The van der Waals surface area contributed by atoms with E-state index < -0.39 is 0 Å². The summed E-state index contributed by atoms with van der Waals surface area (Å²) >= 11 is 0. The number of piperazine rings is 1. The molecule has 0 bridgehead atoms. The highest BCUT2D eigenvalue weighted by Gasteiger charge is 2.29. The number of rotatable bonds is 1. The molecule has 1 amide bonds. The smallest absolute Gasteiger partial charge is 0.219 e. The topological polar surface area (TPSA) is 50.2 Å². The first-order valence-electron chi connectivity index (χ1n) is 6.71. The number of aromatic nitrogens is 2. The first kappa shape index (κ1) is 11.7. The Hall–Kier alpha value is -1.36. The number of carbonyl (C=O) groups is 1. The lowest BCUT2D eigenvalue weighted by Gasteiger charge is -2.36. The van der Waals surface area contributed by atoms with Gasteiger partial charge in [-0.3, -0.25) is 4.79 Å². The number of hydrogen-bond donors (Lipinski definition) is 1. The van der Waals surface area contributed by atoms with E-state index in [2.05, 4.69) is 23.0 Å². The molecule has 1 saturated heterocycles. The van der Waals surface area contributed by atoms with Gasteiger partial charge in [-0.25, -0.2) is 4.98 Å². The van der Waals surface area contributed by atoms with Crippen molar-refractivity contribution < 1.29 is 4.79 Å². The molecule has 1 aromatic rings. The van der Waals surface area contributed by atoms with Gasteiger partial charge < -0.3 is 14.8 Å². The van der Waals surface area contributed by atoms with E-state index in [4.69, 9.17) is 4.98 Å². The Morgan fingerprint density at radius 3 is 3.06 bits per heavy atom. The van der Waals surface area contributed by atoms with Crippen LogP contribution in [0, 0.1) is 0 Å². The summed E-state index contributed by atoms with van der Waals surface area (Å²) in [6.45, 7) is 6.37. The van der Waals surface area contributed by atoms with Crippen molar-refractivity contribution in [3.05, 3.63) is 17.7 Å². The number of fused-ring (bicyclic) bond motifs is 1. The largest absolute Gasteiger partial charge is 0.339 e. The zero-order valence-corrected chi connectivity index (χ0v) is 11.0. The molecule has 3 heterocycles. The summed E-state index contributed by atoms with van der Waals surface area (Å²) in [5, 5.41) is 3.54. The maximum Gasteiger partial charge on any atom is 0.219 e. The Morgan fingerprint density at radius 1 is 1.50 bits per heavy atom. The maximum absolute atomic E-state index is 11.5. The molecule has 2 aliphatic heterocycles. The van der Waals surface area contributed by atoms with Crippen LogP contribution >= 0.6 is 0 Å². The van der Waals surface area contributed by atoms with Crippen LogP contribution < -0.4 is 5.32 Å². The van der Waals surface area contributed by atoms with Crippen LogP contribution in [0.1, 0.15) is 37.8 Å². The lowest BCUT2D eigenvalue weighted by Crippen LogP contribution is -2.52. The van der Waals surface area contributed by atoms with E-state index in [0.717, 1.165) is 31.7 Å². The molecule has 0 spiro atoms. The van der Waals surface area contributed by atoms with Gasteiger partial charge in [0.2, 0.25) is 5.91 Å². The van der Waals surface area contributed by atoms with Crippen LogP contribution in [0.5, 0.6) is 0 Å². The number of amides is 1. The van der Waals surface area contributed by atoms with Crippen molar-refractivity contribution in [2.24, 2.45) is 0 Å². The summed E-state index contributed by atoms with van der Waals surface area (Å²) in [7, 11) is 0. The highest BCUT2D eigenvalue weighted by Crippen LogP contribution is 2.22. The molecular formula is C13H20N4O. The molecule has 98 valence electrons. The minimum absolute atomic E-state index is 0.153. The van der Waals surface area contributed by atoms with Gasteiger partial charge in [0.1, 0.15) is 5.82 Å². The lowest BCUT2D eigenvalue weighted by atomic mass is 10.1. The summed E-state index contributed by atoms with van der Waals surface area (Å²) in [5.74, 6) is 1.35. The maximum atomic E-state index is 11.5. The molecular weight excluding hydrogens is 228 g/mol. The van der Waals surface area contributed by atoms with Gasteiger partial charge in [-0.05, 0) is 13.3 Å². The average Bonchev–Trinajstić information content (AvgIpc) is 2.87. The molecule has 18 heavy (non-hydrogen) atoms. The Labute approximate surface area is 107 Å². The number of aryl methyl sites for hydroxylation is 2. The third kappa shape index (κ3) is 2.03. The van der Waals surface area contributed by atoms with E-state index in [0.29, 0.717) is 6.04 Å². The van der Waals surface area contributed by atoms with Crippen molar-refractivity contribution in [3.63, 3.8) is 0 Å². The molecule has 1 fully saturated rings. The minimum atomic E-state index is 0.153. The molecule has 2 atom stereocenters. The first-order valence-corrected chi connectivity index (χ1v) is 6.71. The summed E-state index contributed by atoms with van der Waals surface area (Å²) in [5.41, 5.74) is 1.09. The zero-order chi connectivity index (χ0) is 12.7. The van der Waals surface area contributed by atoms with Gasteiger partial charge in [-0.15, -0.1) is 0 Å². The van der Waals surface area contributed by atoms with E-state index in [1.54, 1.807) is 6.92 Å². The van der Waals surface area contributed by atoms with Crippen LogP contribution in [0.2, 0.25) is 0 Å². The van der Waals surface area contributed by atoms with Gasteiger partial charge >= 0.3 is 0 Å². The third-order valence-electron chi connectivity index (χ3n) is 3.86. The second-order valence-electron chi connectivity index (χ2n) is 5.42. The molecule has 0 aliphatic carbocycles. The first-order chi connectivity index (χ1) is 8.63. The van der Waals surface area contributed by atoms with Crippen LogP contribution in [0.25, 0.3) is 0 Å². The highest BCUT2D eigenvalue weighted by atomic mass is 16.2. The van der Waals surface area contributed by atoms with E-state index >= 15 is 0 Å². The van der Waals surface area contributed by atoms with Crippen molar-refractivity contribution in [1.29, 1.82) is 0 Å². The predicted octanol–water partition coefficient (Wildman–Crippen LogP) is 0.711. The Balaban J connectivity index is 1.80. The average molecular weight is 248 g/mol. The van der Waals surface area contributed by atoms with Crippen LogP contribution in [-0.4, -0.2) is 39.5 Å². The standard InChI is InChI=1S/C13H20N4O/c1-9-6-17(10(2)18)8-11(14-9)12-7-16-5-3-4-13(16)15-12/h7,9,11,14H,3-6,8H2,1-2H3. The van der Waals surface area contributed by atoms with Gasteiger partial charge in [0.05, 0.1) is 11.7 Å². The van der Waals surface area contributed by atoms with E-state index in [1.807, 2.05) is 4.90 Å². The quantitative estimate of drug-likeness (QED) is 0.796. The summed E-state index contributed by atoms with van der Waals surface area (Å²) in [4.78, 5) is 18.2. The van der Waals surface area contributed by atoms with Crippen molar-refractivity contribution in [2.45, 2.75) is 45.3 Å². The number of nitrogens with one attached hydrogen (secondary N) is 1. The molecule has 1 aromatic heterocycles. The number of imidazole rings is 1. The van der Waals surface area contributed by atoms with Crippen molar-refractivity contribution in [3.8, 4) is 0 Å². The minimum Gasteiger partial charge on any atom is -0.339 e. The fourth-order valence-electron chi connectivity index (χ4n) is 2.96. The molecule has 2 aliphatic rings. The Morgan fingerprint density at radius 2 is 2.33 bits per heavy atom. The third-order valence-corrected chi connectivity index (χ3v) is 3.86. The monoisotopic (exact) mass is 248 g/mol. The molecule has 0 saturated carbocycles. The molecule has 1 N–H and O–H groups in total.